The second-order valence-corrected chi connectivity index (χ2v) is 10.6. The summed E-state index contributed by atoms with van der Waals surface area (Å²) in [5.74, 6) is 0. The summed E-state index contributed by atoms with van der Waals surface area (Å²) in [4.78, 5) is 7.05. The number of nitrogens with one attached hydrogen (secondary N) is 1. The molecule has 0 radical (unpaired) electrons. The van der Waals surface area contributed by atoms with Crippen molar-refractivity contribution in [3.05, 3.63) is 55.0 Å². The van der Waals surface area contributed by atoms with Crippen molar-refractivity contribution in [1.82, 2.24) is 19.7 Å². The summed E-state index contributed by atoms with van der Waals surface area (Å²) >= 11 is 0. The van der Waals surface area contributed by atoms with Crippen LogP contribution in [-0.4, -0.2) is 48.3 Å². The van der Waals surface area contributed by atoms with Gasteiger partial charge in [-0.15, -0.1) is 0 Å². The van der Waals surface area contributed by atoms with E-state index in [1.165, 1.54) is 35.1 Å². The summed E-state index contributed by atoms with van der Waals surface area (Å²) in [5, 5.41) is 7.26. The Balaban J connectivity index is 1.71. The quantitative estimate of drug-likeness (QED) is 0.456. The van der Waals surface area contributed by atoms with Gasteiger partial charge in [-0.25, -0.2) is 4.98 Å². The molecule has 1 fully saturated rings. The zero-order chi connectivity index (χ0) is 23.2. The molecular weight excluding hydrogens is 436 g/mol. The third-order valence-electron chi connectivity index (χ3n) is 6.33. The molecule has 0 saturated carbocycles. The number of hydrogen-bond acceptors (Lipinski definition) is 5. The first-order chi connectivity index (χ1) is 15.9. The number of anilines is 2. The van der Waals surface area contributed by atoms with Crippen LogP contribution in [0.2, 0.25) is 0 Å². The van der Waals surface area contributed by atoms with Crippen molar-refractivity contribution in [2.75, 3.05) is 29.3 Å². The average Bonchev–Trinajstić information content (AvgIpc) is 3.59. The minimum absolute atomic E-state index is 0.0517. The van der Waals surface area contributed by atoms with Crippen molar-refractivity contribution < 1.29 is 8.42 Å². The van der Waals surface area contributed by atoms with Gasteiger partial charge in [0.1, 0.15) is 5.65 Å². The summed E-state index contributed by atoms with van der Waals surface area (Å²) in [6.07, 6.45) is 7.61. The van der Waals surface area contributed by atoms with Gasteiger partial charge in [0.05, 0.1) is 17.3 Å². The van der Waals surface area contributed by atoms with Crippen molar-refractivity contribution in [3.63, 3.8) is 0 Å². The van der Waals surface area contributed by atoms with Crippen molar-refractivity contribution in [3.8, 4) is 11.1 Å². The molecule has 1 aliphatic rings. The Labute approximate surface area is 193 Å². The van der Waals surface area contributed by atoms with Crippen molar-refractivity contribution in [1.29, 1.82) is 0 Å². The number of aromatic nitrogens is 4. The Bertz CT molecular complexity index is 1390. The van der Waals surface area contributed by atoms with Crippen LogP contribution in [-0.2, 0) is 10.0 Å². The molecule has 1 N–H and O–H groups in total. The molecule has 1 aliphatic heterocycles. The molecule has 8 nitrogen and oxygen atoms in total. The first-order valence-electron chi connectivity index (χ1n) is 11.2. The largest absolute Gasteiger partial charge is 0.372 e. The van der Waals surface area contributed by atoms with Crippen LogP contribution in [0, 0.1) is 0 Å². The SMILES string of the molecule is CC(C)n1cc(-c2cccc(N3CCCC3)c2)c2c(N(C)S(=O)(=O)c3ccn[nH]3)ccnc21. The molecule has 33 heavy (non-hydrogen) atoms. The monoisotopic (exact) mass is 464 g/mol. The third kappa shape index (κ3) is 3.66. The van der Waals surface area contributed by atoms with E-state index in [0.29, 0.717) is 5.69 Å². The van der Waals surface area contributed by atoms with E-state index >= 15 is 0 Å². The Morgan fingerprint density at radius 3 is 2.58 bits per heavy atom. The highest BCUT2D eigenvalue weighted by molar-refractivity contribution is 7.92. The predicted molar refractivity (Wildman–Crippen MR) is 131 cm³/mol. The standard InChI is InChI=1S/C24H28N6O2S/c1-17(2)30-16-20(18-7-6-8-19(15-18)29-13-4-5-14-29)23-21(9-11-25-24(23)30)28(3)33(31,32)22-10-12-26-27-22/h6-12,15-17H,4-5,13-14H2,1-3H3,(H,26,27). The molecule has 1 aromatic carbocycles. The molecule has 0 amide bonds. The van der Waals surface area contributed by atoms with Crippen LogP contribution in [0.15, 0.2) is 60.0 Å². The van der Waals surface area contributed by atoms with Crippen LogP contribution >= 0.6 is 0 Å². The summed E-state index contributed by atoms with van der Waals surface area (Å²) < 4.78 is 30.0. The number of aromatic amines is 1. The highest BCUT2D eigenvalue weighted by Gasteiger charge is 2.27. The van der Waals surface area contributed by atoms with Crippen molar-refractivity contribution in [2.24, 2.45) is 0 Å². The number of hydrogen-bond donors (Lipinski definition) is 1. The average molecular weight is 465 g/mol. The highest BCUT2D eigenvalue weighted by Crippen LogP contribution is 2.39. The minimum atomic E-state index is -3.80. The summed E-state index contributed by atoms with van der Waals surface area (Å²) in [6, 6.07) is 11.9. The van der Waals surface area contributed by atoms with E-state index in [1.54, 1.807) is 19.3 Å². The van der Waals surface area contributed by atoms with Crippen molar-refractivity contribution >= 4 is 32.4 Å². The van der Waals surface area contributed by atoms with E-state index < -0.39 is 10.0 Å². The summed E-state index contributed by atoms with van der Waals surface area (Å²) in [6.45, 7) is 6.33. The molecule has 0 unspecified atom stereocenters. The Kier molecular flexibility index (Phi) is 5.36. The number of H-pyrrole nitrogens is 1. The zero-order valence-corrected chi connectivity index (χ0v) is 19.9. The molecule has 5 rings (SSSR count). The van der Waals surface area contributed by atoms with Crippen molar-refractivity contribution in [2.45, 2.75) is 37.8 Å². The van der Waals surface area contributed by atoms with Crippen LogP contribution in [0.25, 0.3) is 22.2 Å². The minimum Gasteiger partial charge on any atom is -0.372 e. The maximum absolute atomic E-state index is 13.3. The van der Waals surface area contributed by atoms with Crippen LogP contribution in [0.4, 0.5) is 11.4 Å². The molecule has 3 aromatic heterocycles. The van der Waals surface area contributed by atoms with Gasteiger partial charge < -0.3 is 9.47 Å². The molecule has 0 aliphatic carbocycles. The lowest BCUT2D eigenvalue weighted by Gasteiger charge is -2.20. The van der Waals surface area contributed by atoms with E-state index in [0.717, 1.165) is 35.2 Å². The Morgan fingerprint density at radius 1 is 1.09 bits per heavy atom. The van der Waals surface area contributed by atoms with Gasteiger partial charge in [-0.3, -0.25) is 9.40 Å². The third-order valence-corrected chi connectivity index (χ3v) is 8.03. The predicted octanol–water partition coefficient (Wildman–Crippen LogP) is 4.43. The van der Waals surface area contributed by atoms with Gasteiger partial charge in [0.15, 0.2) is 5.03 Å². The van der Waals surface area contributed by atoms with Gasteiger partial charge >= 0.3 is 0 Å². The van der Waals surface area contributed by atoms with E-state index in [9.17, 15) is 8.42 Å². The topological polar surface area (TPSA) is 87.1 Å². The molecular formula is C24H28N6O2S. The number of fused-ring (bicyclic) bond motifs is 1. The molecule has 172 valence electrons. The van der Waals surface area contributed by atoms with Crippen LogP contribution in [0.1, 0.15) is 32.7 Å². The molecule has 4 heterocycles. The first-order valence-corrected chi connectivity index (χ1v) is 12.6. The van der Waals surface area contributed by atoms with E-state index in [4.69, 9.17) is 0 Å². The lowest BCUT2D eigenvalue weighted by Crippen LogP contribution is -2.27. The fraction of sp³-hybridized carbons (Fsp3) is 0.333. The molecule has 1 saturated heterocycles. The van der Waals surface area contributed by atoms with Gasteiger partial charge in [-0.05, 0) is 56.5 Å². The second kappa shape index (κ2) is 8.22. The smallest absolute Gasteiger partial charge is 0.281 e. The van der Waals surface area contributed by atoms with Gasteiger partial charge in [0.25, 0.3) is 10.0 Å². The number of pyridine rings is 1. The number of sulfonamides is 1. The van der Waals surface area contributed by atoms with Gasteiger partial charge in [0, 0.05) is 49.8 Å². The summed E-state index contributed by atoms with van der Waals surface area (Å²) in [5.41, 5.74) is 4.55. The lowest BCUT2D eigenvalue weighted by atomic mass is 10.0. The van der Waals surface area contributed by atoms with Gasteiger partial charge in [-0.1, -0.05) is 12.1 Å². The van der Waals surface area contributed by atoms with Crippen LogP contribution < -0.4 is 9.21 Å². The molecule has 4 aromatic rings. The van der Waals surface area contributed by atoms with Gasteiger partial charge in [-0.2, -0.15) is 13.5 Å². The molecule has 0 spiro atoms. The van der Waals surface area contributed by atoms with E-state index in [1.807, 2.05) is 0 Å². The van der Waals surface area contributed by atoms with Crippen LogP contribution in [0.3, 0.4) is 0 Å². The fourth-order valence-electron chi connectivity index (χ4n) is 4.54. The normalized spacial score (nSPS) is 14.5. The van der Waals surface area contributed by atoms with Gasteiger partial charge in [0.2, 0.25) is 0 Å². The lowest BCUT2D eigenvalue weighted by molar-refractivity contribution is 0.590. The maximum atomic E-state index is 13.3. The number of nitrogens with zero attached hydrogens (tertiary/aromatic N) is 5. The summed E-state index contributed by atoms with van der Waals surface area (Å²) in [7, 11) is -2.23. The van der Waals surface area contributed by atoms with E-state index in [-0.39, 0.29) is 11.1 Å². The zero-order valence-electron chi connectivity index (χ0n) is 19.1. The Morgan fingerprint density at radius 2 is 1.88 bits per heavy atom. The molecule has 9 heteroatoms. The molecule has 0 atom stereocenters. The number of rotatable bonds is 6. The second-order valence-electron chi connectivity index (χ2n) is 8.71. The highest BCUT2D eigenvalue weighted by atomic mass is 32.2. The van der Waals surface area contributed by atoms with E-state index in [2.05, 4.69) is 69.0 Å². The maximum Gasteiger partial charge on any atom is 0.281 e. The van der Waals surface area contributed by atoms with Crippen LogP contribution in [0.5, 0.6) is 0 Å². The Hall–Kier alpha value is -3.33. The molecule has 0 bridgehead atoms. The first kappa shape index (κ1) is 21.5. The fourth-order valence-corrected chi connectivity index (χ4v) is 5.65. The number of benzene rings is 1.